The molecule has 0 saturated carbocycles. The predicted octanol–water partition coefficient (Wildman–Crippen LogP) is 2.31. The van der Waals surface area contributed by atoms with E-state index in [4.69, 9.17) is 13.9 Å². The lowest BCUT2D eigenvalue weighted by Crippen LogP contribution is -2.41. The zero-order valence-corrected chi connectivity index (χ0v) is 12.1. The summed E-state index contributed by atoms with van der Waals surface area (Å²) in [6.07, 6.45) is -0.177. The number of nitrogens with zero attached hydrogens (tertiary/aromatic N) is 1. The summed E-state index contributed by atoms with van der Waals surface area (Å²) in [5.41, 5.74) is 0.699. The van der Waals surface area contributed by atoms with E-state index in [9.17, 15) is 4.79 Å². The number of esters is 1. The molecule has 1 aliphatic rings. The number of fused-ring (bicyclic) bond motifs is 1. The Labute approximate surface area is 123 Å². The van der Waals surface area contributed by atoms with Gasteiger partial charge in [0.2, 0.25) is 5.76 Å². The summed E-state index contributed by atoms with van der Waals surface area (Å²) in [5.74, 6) is -0.156. The molecule has 0 aliphatic carbocycles. The fraction of sp³-hybridized carbons (Fsp3) is 0.438. The van der Waals surface area contributed by atoms with Crippen LogP contribution < -0.4 is 0 Å². The number of benzene rings is 1. The molecule has 1 saturated heterocycles. The van der Waals surface area contributed by atoms with Crippen molar-refractivity contribution in [2.45, 2.75) is 13.0 Å². The molecular formula is C16H19NO4. The minimum atomic E-state index is -0.410. The van der Waals surface area contributed by atoms with Crippen LogP contribution in [0.2, 0.25) is 0 Å². The maximum atomic E-state index is 12.1. The molecule has 3 rings (SSSR count). The molecule has 112 valence electrons. The molecule has 1 atom stereocenters. The van der Waals surface area contributed by atoms with E-state index in [1.165, 1.54) is 0 Å². The van der Waals surface area contributed by atoms with Gasteiger partial charge in [-0.3, -0.25) is 4.90 Å². The molecule has 0 radical (unpaired) electrons. The van der Waals surface area contributed by atoms with Crippen LogP contribution in [0.4, 0.5) is 0 Å². The standard InChI is InChI=1S/C16H19NO4/c1-12(11-17-6-8-19-9-7-17)20-16(18)15-10-13-4-2-3-5-14(13)21-15/h2-5,10,12H,6-9,11H2,1H3/t12-/m0/s1. The van der Waals surface area contributed by atoms with Crippen molar-refractivity contribution in [2.75, 3.05) is 32.8 Å². The van der Waals surface area contributed by atoms with Gasteiger partial charge in [0.1, 0.15) is 11.7 Å². The van der Waals surface area contributed by atoms with Crippen molar-refractivity contribution >= 4 is 16.9 Å². The predicted molar refractivity (Wildman–Crippen MR) is 78.4 cm³/mol. The van der Waals surface area contributed by atoms with Gasteiger partial charge in [0.05, 0.1) is 13.2 Å². The smallest absolute Gasteiger partial charge is 0.374 e. The third-order valence-corrected chi connectivity index (χ3v) is 3.55. The molecule has 5 heteroatoms. The normalized spacial score (nSPS) is 17.8. The molecule has 0 unspecified atom stereocenters. The van der Waals surface area contributed by atoms with Crippen molar-refractivity contribution in [1.29, 1.82) is 0 Å². The molecule has 0 N–H and O–H groups in total. The molecule has 0 bridgehead atoms. The number of furan rings is 1. The Bertz CT molecular complexity index is 583. The number of morpholine rings is 1. The monoisotopic (exact) mass is 289 g/mol. The van der Waals surface area contributed by atoms with Crippen LogP contribution in [0.15, 0.2) is 34.7 Å². The number of hydrogen-bond acceptors (Lipinski definition) is 5. The van der Waals surface area contributed by atoms with Gasteiger partial charge in [-0.25, -0.2) is 4.79 Å². The van der Waals surface area contributed by atoms with Crippen LogP contribution in [0.25, 0.3) is 11.0 Å². The minimum absolute atomic E-state index is 0.177. The first-order chi connectivity index (χ1) is 10.2. The minimum Gasteiger partial charge on any atom is -0.455 e. The second-order valence-electron chi connectivity index (χ2n) is 5.28. The Morgan fingerprint density at radius 1 is 1.33 bits per heavy atom. The lowest BCUT2D eigenvalue weighted by Gasteiger charge is -2.28. The molecule has 0 spiro atoms. The van der Waals surface area contributed by atoms with Gasteiger partial charge >= 0.3 is 5.97 Å². The quantitative estimate of drug-likeness (QED) is 0.808. The van der Waals surface area contributed by atoms with Gasteiger partial charge in [-0.15, -0.1) is 0 Å². The first-order valence-corrected chi connectivity index (χ1v) is 7.22. The lowest BCUT2D eigenvalue weighted by molar-refractivity contribution is -0.00113. The van der Waals surface area contributed by atoms with Gasteiger partial charge in [-0.1, -0.05) is 18.2 Å². The summed E-state index contributed by atoms with van der Waals surface area (Å²) < 4.78 is 16.3. The van der Waals surface area contributed by atoms with E-state index in [1.807, 2.05) is 31.2 Å². The van der Waals surface area contributed by atoms with Crippen molar-refractivity contribution in [2.24, 2.45) is 0 Å². The first kappa shape index (κ1) is 14.1. The Morgan fingerprint density at radius 2 is 2.10 bits per heavy atom. The van der Waals surface area contributed by atoms with E-state index in [1.54, 1.807) is 6.07 Å². The highest BCUT2D eigenvalue weighted by atomic mass is 16.6. The van der Waals surface area contributed by atoms with Gasteiger partial charge in [-0.2, -0.15) is 0 Å². The van der Waals surface area contributed by atoms with E-state index in [0.29, 0.717) is 5.58 Å². The number of carbonyl (C=O) groups is 1. The summed E-state index contributed by atoms with van der Waals surface area (Å²) >= 11 is 0. The van der Waals surface area contributed by atoms with Gasteiger partial charge < -0.3 is 13.9 Å². The van der Waals surface area contributed by atoms with Crippen molar-refractivity contribution in [3.63, 3.8) is 0 Å². The molecule has 0 amide bonds. The fourth-order valence-corrected chi connectivity index (χ4v) is 2.51. The summed E-state index contributed by atoms with van der Waals surface area (Å²) in [5, 5.41) is 0.908. The van der Waals surface area contributed by atoms with Crippen LogP contribution in [0.3, 0.4) is 0 Å². The summed E-state index contributed by atoms with van der Waals surface area (Å²) in [6, 6.07) is 9.26. The van der Waals surface area contributed by atoms with Crippen molar-refractivity contribution in [1.82, 2.24) is 4.90 Å². The average molecular weight is 289 g/mol. The molecular weight excluding hydrogens is 270 g/mol. The van der Waals surface area contributed by atoms with Crippen LogP contribution in [-0.2, 0) is 9.47 Å². The molecule has 1 aromatic heterocycles. The molecule has 1 aromatic carbocycles. The third kappa shape index (κ3) is 3.43. The van der Waals surface area contributed by atoms with E-state index in [2.05, 4.69) is 4.90 Å². The number of carbonyl (C=O) groups excluding carboxylic acids is 1. The second-order valence-corrected chi connectivity index (χ2v) is 5.28. The first-order valence-electron chi connectivity index (χ1n) is 7.22. The zero-order valence-electron chi connectivity index (χ0n) is 12.1. The second kappa shape index (κ2) is 6.28. The van der Waals surface area contributed by atoms with Crippen LogP contribution in [0, 0.1) is 0 Å². The highest BCUT2D eigenvalue weighted by Gasteiger charge is 2.19. The lowest BCUT2D eigenvalue weighted by atomic mass is 10.2. The summed E-state index contributed by atoms with van der Waals surface area (Å²) in [7, 11) is 0. The summed E-state index contributed by atoms with van der Waals surface area (Å²) in [6.45, 7) is 5.86. The van der Waals surface area contributed by atoms with Crippen LogP contribution in [0.1, 0.15) is 17.5 Å². The van der Waals surface area contributed by atoms with Crippen LogP contribution >= 0.6 is 0 Å². The van der Waals surface area contributed by atoms with Gasteiger partial charge in [0.15, 0.2) is 0 Å². The maximum absolute atomic E-state index is 12.1. The molecule has 1 aliphatic heterocycles. The molecule has 2 aromatic rings. The number of hydrogen-bond donors (Lipinski definition) is 0. The summed E-state index contributed by atoms with van der Waals surface area (Å²) in [4.78, 5) is 14.3. The van der Waals surface area contributed by atoms with E-state index in [0.717, 1.165) is 38.2 Å². The fourth-order valence-electron chi connectivity index (χ4n) is 2.51. The van der Waals surface area contributed by atoms with Gasteiger partial charge in [0, 0.05) is 25.0 Å². The molecule has 2 heterocycles. The van der Waals surface area contributed by atoms with Gasteiger partial charge in [0.25, 0.3) is 0 Å². The van der Waals surface area contributed by atoms with Gasteiger partial charge in [-0.05, 0) is 19.1 Å². The number of ether oxygens (including phenoxy) is 2. The molecule has 21 heavy (non-hydrogen) atoms. The Kier molecular flexibility index (Phi) is 4.22. The molecule has 5 nitrogen and oxygen atoms in total. The molecule has 1 fully saturated rings. The van der Waals surface area contributed by atoms with Crippen LogP contribution in [-0.4, -0.2) is 49.8 Å². The topological polar surface area (TPSA) is 51.9 Å². The van der Waals surface area contributed by atoms with E-state index < -0.39 is 5.97 Å². The van der Waals surface area contributed by atoms with Crippen LogP contribution in [0.5, 0.6) is 0 Å². The Balaban J connectivity index is 1.59. The average Bonchev–Trinajstić information content (AvgIpc) is 2.92. The van der Waals surface area contributed by atoms with Crippen molar-refractivity contribution < 1.29 is 18.7 Å². The number of para-hydroxylation sites is 1. The highest BCUT2D eigenvalue weighted by molar-refractivity contribution is 5.92. The van der Waals surface area contributed by atoms with Crippen molar-refractivity contribution in [3.8, 4) is 0 Å². The Morgan fingerprint density at radius 3 is 2.86 bits per heavy atom. The van der Waals surface area contributed by atoms with Crippen molar-refractivity contribution in [3.05, 3.63) is 36.1 Å². The SMILES string of the molecule is C[C@@H](CN1CCOCC1)OC(=O)c1cc2ccccc2o1. The zero-order chi connectivity index (χ0) is 14.7. The van der Waals surface area contributed by atoms with E-state index in [-0.39, 0.29) is 11.9 Å². The maximum Gasteiger partial charge on any atom is 0.374 e. The highest BCUT2D eigenvalue weighted by Crippen LogP contribution is 2.19. The largest absolute Gasteiger partial charge is 0.455 e. The Hall–Kier alpha value is -1.85. The van der Waals surface area contributed by atoms with E-state index >= 15 is 0 Å². The third-order valence-electron chi connectivity index (χ3n) is 3.55. The number of rotatable bonds is 4.